The van der Waals surface area contributed by atoms with Gasteiger partial charge in [-0.05, 0) is 43.7 Å². The summed E-state index contributed by atoms with van der Waals surface area (Å²) in [5.41, 5.74) is 2.89. The number of carbonyl (C=O) groups excluding carboxylic acids is 1. The summed E-state index contributed by atoms with van der Waals surface area (Å²) in [7, 11) is 3.13. The summed E-state index contributed by atoms with van der Waals surface area (Å²) < 4.78 is 10.4. The normalized spacial score (nSPS) is 10.2. The molecule has 2 rings (SSSR count). The van der Waals surface area contributed by atoms with Crippen molar-refractivity contribution in [2.24, 2.45) is 0 Å². The quantitative estimate of drug-likeness (QED) is 0.800. The Morgan fingerprint density at radius 1 is 1.12 bits per heavy atom. The number of nitrogens with one attached hydrogen (secondary N) is 1. The fourth-order valence-electron chi connectivity index (χ4n) is 2.68. The molecular weight excluding hydrogens is 316 g/mol. The predicted octanol–water partition coefficient (Wildman–Crippen LogP) is 3.27. The van der Waals surface area contributed by atoms with E-state index in [1.54, 1.807) is 32.4 Å². The minimum atomic E-state index is -0.153. The monoisotopic (exact) mass is 342 g/mol. The number of benzene rings is 2. The topological polar surface area (TPSA) is 50.8 Å². The highest BCUT2D eigenvalue weighted by Crippen LogP contribution is 2.24. The Bertz CT molecular complexity index is 716. The Balaban J connectivity index is 1.97. The Hall–Kier alpha value is -2.69. The second-order valence-corrected chi connectivity index (χ2v) is 5.74. The third-order valence-corrected chi connectivity index (χ3v) is 4.07. The van der Waals surface area contributed by atoms with E-state index in [1.165, 1.54) is 11.3 Å². The van der Waals surface area contributed by atoms with Gasteiger partial charge in [0.15, 0.2) is 0 Å². The number of hydrogen-bond acceptors (Lipinski definition) is 4. The van der Waals surface area contributed by atoms with Gasteiger partial charge in [-0.2, -0.15) is 0 Å². The molecule has 0 aliphatic rings. The van der Waals surface area contributed by atoms with Gasteiger partial charge in [0, 0.05) is 31.4 Å². The molecule has 134 valence electrons. The summed E-state index contributed by atoms with van der Waals surface area (Å²) >= 11 is 0. The molecule has 25 heavy (non-hydrogen) atoms. The number of anilines is 1. The van der Waals surface area contributed by atoms with E-state index in [1.807, 2.05) is 6.07 Å². The van der Waals surface area contributed by atoms with Crippen molar-refractivity contribution in [3.05, 3.63) is 53.6 Å². The van der Waals surface area contributed by atoms with Gasteiger partial charge in [-0.25, -0.2) is 0 Å². The van der Waals surface area contributed by atoms with E-state index in [-0.39, 0.29) is 5.91 Å². The van der Waals surface area contributed by atoms with Crippen molar-refractivity contribution in [2.75, 3.05) is 38.8 Å². The molecule has 1 N–H and O–H groups in total. The Labute approximate surface area is 149 Å². The fourth-order valence-corrected chi connectivity index (χ4v) is 2.68. The Morgan fingerprint density at radius 2 is 1.92 bits per heavy atom. The maximum atomic E-state index is 12.4. The predicted molar refractivity (Wildman–Crippen MR) is 101 cm³/mol. The van der Waals surface area contributed by atoms with Gasteiger partial charge in [0.05, 0.1) is 19.8 Å². The first-order valence-corrected chi connectivity index (χ1v) is 8.40. The number of methoxy groups -OCH3 is 2. The molecule has 0 bridgehead atoms. The lowest BCUT2D eigenvalue weighted by Gasteiger charge is -2.23. The van der Waals surface area contributed by atoms with Gasteiger partial charge in [-0.3, -0.25) is 4.79 Å². The molecular formula is C20H26N2O3. The van der Waals surface area contributed by atoms with Crippen LogP contribution in [0.1, 0.15) is 22.8 Å². The van der Waals surface area contributed by atoms with E-state index in [0.717, 1.165) is 13.1 Å². The summed E-state index contributed by atoms with van der Waals surface area (Å²) in [6, 6.07) is 13.5. The third-order valence-electron chi connectivity index (χ3n) is 4.07. The number of hydrogen-bond donors (Lipinski definition) is 1. The molecule has 2 aromatic carbocycles. The van der Waals surface area contributed by atoms with E-state index in [0.29, 0.717) is 23.6 Å². The molecule has 5 nitrogen and oxygen atoms in total. The zero-order valence-electron chi connectivity index (χ0n) is 15.3. The maximum absolute atomic E-state index is 12.4. The van der Waals surface area contributed by atoms with Crippen LogP contribution < -0.4 is 19.7 Å². The number of likely N-dealkylation sites (N-methyl/N-ethyl adjacent to an activating group) is 1. The molecule has 0 aliphatic heterocycles. The smallest absolute Gasteiger partial charge is 0.255 e. The average Bonchev–Trinajstić information content (AvgIpc) is 2.64. The summed E-state index contributed by atoms with van der Waals surface area (Å²) in [6.07, 6.45) is 0. The van der Waals surface area contributed by atoms with Gasteiger partial charge in [-0.15, -0.1) is 0 Å². The van der Waals surface area contributed by atoms with Crippen LogP contribution in [0.15, 0.2) is 42.5 Å². The van der Waals surface area contributed by atoms with Gasteiger partial charge in [0.25, 0.3) is 5.91 Å². The fraction of sp³-hybridized carbons (Fsp3) is 0.350. The summed E-state index contributed by atoms with van der Waals surface area (Å²) in [4.78, 5) is 14.7. The number of ether oxygens (including phenoxy) is 2. The van der Waals surface area contributed by atoms with Crippen molar-refractivity contribution < 1.29 is 14.3 Å². The molecule has 0 atom stereocenters. The van der Waals surface area contributed by atoms with Gasteiger partial charge in [0.1, 0.15) is 11.5 Å². The van der Waals surface area contributed by atoms with Crippen LogP contribution in [-0.4, -0.2) is 39.8 Å². The molecule has 0 aromatic heterocycles. The highest BCUT2D eigenvalue weighted by Gasteiger charge is 2.13. The van der Waals surface area contributed by atoms with Crippen LogP contribution in [0.25, 0.3) is 0 Å². The Morgan fingerprint density at radius 3 is 2.56 bits per heavy atom. The van der Waals surface area contributed by atoms with Crippen LogP contribution in [0.2, 0.25) is 0 Å². The minimum absolute atomic E-state index is 0.153. The number of amides is 1. The molecule has 0 unspecified atom stereocenters. The van der Waals surface area contributed by atoms with E-state index in [4.69, 9.17) is 9.47 Å². The summed E-state index contributed by atoms with van der Waals surface area (Å²) in [5.74, 6) is 1.01. The van der Waals surface area contributed by atoms with Crippen LogP contribution in [0, 0.1) is 6.92 Å². The molecule has 0 fully saturated rings. The zero-order chi connectivity index (χ0) is 18.2. The van der Waals surface area contributed by atoms with Crippen molar-refractivity contribution in [3.63, 3.8) is 0 Å². The molecule has 0 radical (unpaired) electrons. The van der Waals surface area contributed by atoms with Crippen LogP contribution in [0.3, 0.4) is 0 Å². The largest absolute Gasteiger partial charge is 0.497 e. The highest BCUT2D eigenvalue weighted by atomic mass is 16.5. The van der Waals surface area contributed by atoms with E-state index in [2.05, 4.69) is 42.3 Å². The summed E-state index contributed by atoms with van der Waals surface area (Å²) in [5, 5.41) is 2.96. The van der Waals surface area contributed by atoms with Crippen molar-refractivity contribution in [1.29, 1.82) is 0 Å². The molecule has 0 saturated heterocycles. The first-order chi connectivity index (χ1) is 12.1. The Kier molecular flexibility index (Phi) is 6.69. The number of aryl methyl sites for hydroxylation is 1. The lowest BCUT2D eigenvalue weighted by atomic mass is 10.1. The molecule has 0 heterocycles. The van der Waals surface area contributed by atoms with Crippen molar-refractivity contribution in [2.45, 2.75) is 13.8 Å². The molecule has 0 saturated carbocycles. The highest BCUT2D eigenvalue weighted by molar-refractivity contribution is 5.97. The lowest BCUT2D eigenvalue weighted by molar-refractivity contribution is 0.0951. The number of carbonyl (C=O) groups is 1. The van der Waals surface area contributed by atoms with Crippen molar-refractivity contribution >= 4 is 11.6 Å². The summed E-state index contributed by atoms with van der Waals surface area (Å²) in [6.45, 7) is 6.36. The second-order valence-electron chi connectivity index (χ2n) is 5.74. The van der Waals surface area contributed by atoms with Crippen LogP contribution in [0.4, 0.5) is 5.69 Å². The van der Waals surface area contributed by atoms with Gasteiger partial charge < -0.3 is 19.7 Å². The van der Waals surface area contributed by atoms with Crippen molar-refractivity contribution in [1.82, 2.24) is 5.32 Å². The standard InChI is InChI=1S/C20H26N2O3/c1-5-22(16-8-6-7-15(2)13-16)12-11-21-20(23)18-10-9-17(24-3)14-19(18)25-4/h6-10,13-14H,5,11-12H2,1-4H3,(H,21,23). The third kappa shape index (κ3) is 4.89. The van der Waals surface area contributed by atoms with E-state index in [9.17, 15) is 4.79 Å². The zero-order valence-corrected chi connectivity index (χ0v) is 15.3. The van der Waals surface area contributed by atoms with Gasteiger partial charge >= 0.3 is 0 Å². The molecule has 2 aromatic rings. The molecule has 5 heteroatoms. The van der Waals surface area contributed by atoms with Crippen LogP contribution >= 0.6 is 0 Å². The lowest BCUT2D eigenvalue weighted by Crippen LogP contribution is -2.35. The van der Waals surface area contributed by atoms with Gasteiger partial charge in [0.2, 0.25) is 0 Å². The second kappa shape index (κ2) is 8.97. The van der Waals surface area contributed by atoms with Crippen molar-refractivity contribution in [3.8, 4) is 11.5 Å². The number of nitrogens with zero attached hydrogens (tertiary/aromatic N) is 1. The first-order valence-electron chi connectivity index (χ1n) is 8.40. The van der Waals surface area contributed by atoms with E-state index >= 15 is 0 Å². The average molecular weight is 342 g/mol. The molecule has 1 amide bonds. The minimum Gasteiger partial charge on any atom is -0.497 e. The maximum Gasteiger partial charge on any atom is 0.255 e. The van der Waals surface area contributed by atoms with Crippen LogP contribution in [0.5, 0.6) is 11.5 Å². The molecule has 0 aliphatic carbocycles. The van der Waals surface area contributed by atoms with E-state index < -0.39 is 0 Å². The van der Waals surface area contributed by atoms with Gasteiger partial charge in [-0.1, -0.05) is 12.1 Å². The SMILES string of the molecule is CCN(CCNC(=O)c1ccc(OC)cc1OC)c1cccc(C)c1. The van der Waals surface area contributed by atoms with Crippen LogP contribution in [-0.2, 0) is 0 Å². The molecule has 0 spiro atoms. The first kappa shape index (κ1) is 18.6. The number of rotatable bonds is 8.